The van der Waals surface area contributed by atoms with E-state index >= 15 is 0 Å². The number of carbonyl (C=O) groups is 3. The molecule has 1 unspecified atom stereocenters. The summed E-state index contributed by atoms with van der Waals surface area (Å²) < 4.78 is 76.1. The summed E-state index contributed by atoms with van der Waals surface area (Å²) in [4.78, 5) is 52.3. The zero-order valence-electron chi connectivity index (χ0n) is 32.5. The molecule has 2 rings (SSSR count). The fourth-order valence-corrected chi connectivity index (χ4v) is 6.18. The Morgan fingerprint density at radius 3 is 2.05 bits per heavy atom. The second-order valence-corrected chi connectivity index (χ2v) is 14.7. The Kier molecular flexibility index (Phi) is 25.0. The van der Waals surface area contributed by atoms with Crippen LogP contribution in [0.1, 0.15) is 89.7 Å². The topological polar surface area (TPSA) is 249 Å². The molecule has 2 heterocycles. The molecular formula is C35H60F3N6O12P. The van der Waals surface area contributed by atoms with E-state index in [-0.39, 0.29) is 82.4 Å². The van der Waals surface area contributed by atoms with Crippen molar-refractivity contribution in [3.05, 3.63) is 18.1 Å². The number of anilines is 1. The molecular weight excluding hydrogens is 784 g/mol. The molecule has 1 saturated heterocycles. The van der Waals surface area contributed by atoms with Crippen LogP contribution in [0.25, 0.3) is 0 Å². The number of nitrogens with one attached hydrogen (secondary N) is 4. The second kappa shape index (κ2) is 28.4. The van der Waals surface area contributed by atoms with E-state index in [4.69, 9.17) is 18.7 Å². The van der Waals surface area contributed by atoms with Gasteiger partial charge in [-0.05, 0) is 39.0 Å². The van der Waals surface area contributed by atoms with E-state index in [1.54, 1.807) is 6.92 Å². The number of alkyl halides is 3. The van der Waals surface area contributed by atoms with Gasteiger partial charge in [-0.2, -0.15) is 13.2 Å². The van der Waals surface area contributed by atoms with Gasteiger partial charge in [0.15, 0.2) is 5.69 Å². The Labute approximate surface area is 331 Å². The summed E-state index contributed by atoms with van der Waals surface area (Å²) in [6.07, 6.45) is 0.728. The number of halogens is 3. The highest BCUT2D eigenvalue weighted by atomic mass is 31.2. The monoisotopic (exact) mass is 844 g/mol. The molecule has 0 spiro atoms. The van der Waals surface area contributed by atoms with Crippen LogP contribution in [0.3, 0.4) is 0 Å². The molecule has 0 aromatic carbocycles. The third-order valence-corrected chi connectivity index (χ3v) is 9.59. The number of carbonyl (C=O) groups excluding carboxylic acids is 3. The predicted molar refractivity (Wildman–Crippen MR) is 200 cm³/mol. The molecule has 0 bridgehead atoms. The Hall–Kier alpha value is -3.01. The van der Waals surface area contributed by atoms with Gasteiger partial charge in [0, 0.05) is 45.5 Å². The Balaban J connectivity index is 1.35. The van der Waals surface area contributed by atoms with E-state index in [0.717, 1.165) is 51.1 Å². The van der Waals surface area contributed by atoms with E-state index in [0.29, 0.717) is 45.3 Å². The fourth-order valence-electron chi connectivity index (χ4n) is 5.42. The Morgan fingerprint density at radius 2 is 1.40 bits per heavy atom. The van der Waals surface area contributed by atoms with Crippen LogP contribution in [0.15, 0.2) is 12.4 Å². The predicted octanol–water partition coefficient (Wildman–Crippen LogP) is 2.61. The standard InChI is InChI=1S/C35H60F3N6O12P/c1-2-55-57(50,51)56-19-10-6-4-8-15-40-30(45)12-11-13-31(46)42-17-21-52-20-14-32(47)41-16-7-3-5-9-18-53-25-27-34(49)33(48)26(24-54-27)43-29-23-39-22-28(44-29)35(36,37)38/h22-23,26-27,33-34,48-49H,2-21,24-25H2,1H3,(H,40,45)(H,41,47)(H,42,46)(H,43,44)(H,50,51)/t26-,27+,33+,34-/m0/s1. The van der Waals surface area contributed by atoms with Crippen molar-refractivity contribution >= 4 is 31.4 Å². The highest BCUT2D eigenvalue weighted by Gasteiger charge is 2.39. The van der Waals surface area contributed by atoms with Crippen LogP contribution in [0.5, 0.6) is 0 Å². The Morgan fingerprint density at radius 1 is 0.789 bits per heavy atom. The minimum Gasteiger partial charge on any atom is -0.388 e. The van der Waals surface area contributed by atoms with Crippen molar-refractivity contribution in [1.82, 2.24) is 25.9 Å². The van der Waals surface area contributed by atoms with Crippen LogP contribution in [-0.4, -0.2) is 133 Å². The number of aromatic nitrogens is 2. The second-order valence-electron chi connectivity index (χ2n) is 13.3. The van der Waals surface area contributed by atoms with Crippen LogP contribution >= 0.6 is 7.82 Å². The third kappa shape index (κ3) is 23.2. The van der Waals surface area contributed by atoms with Gasteiger partial charge in [-0.1, -0.05) is 25.7 Å². The van der Waals surface area contributed by atoms with Crippen LogP contribution in [0.2, 0.25) is 0 Å². The first-order valence-corrected chi connectivity index (χ1v) is 20.9. The zero-order chi connectivity index (χ0) is 41.9. The number of phosphoric acid groups is 1. The van der Waals surface area contributed by atoms with E-state index < -0.39 is 44.0 Å². The van der Waals surface area contributed by atoms with Gasteiger partial charge >= 0.3 is 14.0 Å². The van der Waals surface area contributed by atoms with Gasteiger partial charge in [0.25, 0.3) is 0 Å². The molecule has 0 aliphatic carbocycles. The largest absolute Gasteiger partial charge is 0.472 e. The number of amides is 3. The van der Waals surface area contributed by atoms with E-state index in [1.165, 1.54) is 0 Å². The maximum atomic E-state index is 12.9. The highest BCUT2D eigenvalue weighted by Crippen LogP contribution is 2.43. The third-order valence-electron chi connectivity index (χ3n) is 8.50. The lowest BCUT2D eigenvalue weighted by atomic mass is 9.98. The lowest BCUT2D eigenvalue weighted by molar-refractivity contribution is -0.159. The molecule has 1 aliphatic heterocycles. The average Bonchev–Trinajstić information content (AvgIpc) is 3.15. The molecule has 1 aromatic rings. The average molecular weight is 845 g/mol. The zero-order valence-corrected chi connectivity index (χ0v) is 33.4. The van der Waals surface area contributed by atoms with Crippen LogP contribution < -0.4 is 21.3 Å². The van der Waals surface area contributed by atoms with Crippen LogP contribution in [0, 0.1) is 0 Å². The number of phosphoric ester groups is 1. The summed E-state index contributed by atoms with van der Waals surface area (Å²) in [5.74, 6) is -0.666. The SMILES string of the molecule is CCOP(=O)(O)OCCCCCCNC(=O)CCCC(=O)NCCOCCC(=O)NCCCCCCOC[C@H]1OC[C@H](Nc2cncc(C(F)(F)F)n2)[C@@H](O)[C@H]1O. The molecule has 3 amide bonds. The van der Waals surface area contributed by atoms with Crippen molar-refractivity contribution in [1.29, 1.82) is 0 Å². The van der Waals surface area contributed by atoms with Crippen molar-refractivity contribution in [3.8, 4) is 0 Å². The first-order chi connectivity index (χ1) is 27.2. The van der Waals surface area contributed by atoms with Crippen molar-refractivity contribution in [3.63, 3.8) is 0 Å². The summed E-state index contributed by atoms with van der Waals surface area (Å²) in [6.45, 7) is 3.93. The first-order valence-electron chi connectivity index (χ1n) is 19.4. The molecule has 22 heteroatoms. The smallest absolute Gasteiger partial charge is 0.388 e. The van der Waals surface area contributed by atoms with Gasteiger partial charge in [0.2, 0.25) is 17.7 Å². The van der Waals surface area contributed by atoms with Crippen molar-refractivity contribution in [2.24, 2.45) is 0 Å². The van der Waals surface area contributed by atoms with Gasteiger partial charge < -0.3 is 50.6 Å². The van der Waals surface area contributed by atoms with Gasteiger partial charge in [-0.3, -0.25) is 28.4 Å². The Bertz CT molecular complexity index is 1350. The maximum absolute atomic E-state index is 12.9. The van der Waals surface area contributed by atoms with E-state index in [9.17, 15) is 47.2 Å². The fraction of sp³-hybridized carbons (Fsp3) is 0.800. The minimum atomic E-state index is -4.67. The molecule has 1 aromatic heterocycles. The molecule has 1 aliphatic rings. The number of aliphatic hydroxyl groups excluding tert-OH is 2. The minimum absolute atomic E-state index is 0.0260. The molecule has 5 atom stereocenters. The summed E-state index contributed by atoms with van der Waals surface area (Å²) >= 11 is 0. The summed E-state index contributed by atoms with van der Waals surface area (Å²) in [7, 11) is -3.95. The first kappa shape index (κ1) is 50.1. The summed E-state index contributed by atoms with van der Waals surface area (Å²) in [5, 5.41) is 31.9. The molecule has 1 fully saturated rings. The number of hydrogen-bond acceptors (Lipinski definition) is 14. The highest BCUT2D eigenvalue weighted by molar-refractivity contribution is 7.47. The molecule has 18 nitrogen and oxygen atoms in total. The van der Waals surface area contributed by atoms with Gasteiger partial charge in [-0.25, -0.2) is 9.55 Å². The number of nitrogens with zero attached hydrogens (tertiary/aromatic N) is 2. The van der Waals surface area contributed by atoms with E-state index in [2.05, 4.69) is 35.8 Å². The van der Waals surface area contributed by atoms with Crippen LogP contribution in [0.4, 0.5) is 19.0 Å². The molecule has 57 heavy (non-hydrogen) atoms. The molecule has 0 radical (unpaired) electrons. The normalized spacial score (nSPS) is 19.4. The molecule has 328 valence electrons. The number of rotatable bonds is 31. The number of unbranched alkanes of at least 4 members (excludes halogenated alkanes) is 6. The van der Waals surface area contributed by atoms with Gasteiger partial charge in [0.05, 0.1) is 58.1 Å². The van der Waals surface area contributed by atoms with E-state index in [1.807, 2.05) is 0 Å². The lowest BCUT2D eigenvalue weighted by Crippen LogP contribution is -2.57. The lowest BCUT2D eigenvalue weighted by Gasteiger charge is -2.38. The van der Waals surface area contributed by atoms with Gasteiger partial charge in [0.1, 0.15) is 24.1 Å². The maximum Gasteiger partial charge on any atom is 0.472 e. The number of aliphatic hydroxyl groups is 2. The summed E-state index contributed by atoms with van der Waals surface area (Å²) in [6, 6.07) is -0.901. The number of ether oxygens (including phenoxy) is 3. The van der Waals surface area contributed by atoms with Crippen LogP contribution in [-0.2, 0) is 48.4 Å². The number of hydrogen-bond donors (Lipinski definition) is 7. The van der Waals surface area contributed by atoms with Crippen molar-refractivity contribution < 1.29 is 70.5 Å². The quantitative estimate of drug-likeness (QED) is 0.0419. The van der Waals surface area contributed by atoms with Gasteiger partial charge in [-0.15, -0.1) is 0 Å². The molecule has 7 N–H and O–H groups in total. The summed E-state index contributed by atoms with van der Waals surface area (Å²) in [5.41, 5.74) is -1.19. The van der Waals surface area contributed by atoms with Crippen molar-refractivity contribution in [2.75, 3.05) is 71.2 Å². The van der Waals surface area contributed by atoms with Crippen molar-refractivity contribution in [2.45, 2.75) is 115 Å². The molecule has 0 saturated carbocycles.